The Kier molecular flexibility index (Phi) is 2.09. The Bertz CT molecular complexity index is 226. The summed E-state index contributed by atoms with van der Waals surface area (Å²) in [4.78, 5) is 11.2. The van der Waals surface area contributed by atoms with Gasteiger partial charge in [-0.25, -0.2) is 0 Å². The van der Waals surface area contributed by atoms with Gasteiger partial charge in [-0.1, -0.05) is 20.3 Å². The lowest BCUT2D eigenvalue weighted by atomic mass is 9.84. The van der Waals surface area contributed by atoms with Gasteiger partial charge < -0.3 is 5.32 Å². The predicted octanol–water partition coefficient (Wildman–Crippen LogP) is 1.95. The van der Waals surface area contributed by atoms with E-state index in [1.807, 2.05) is 0 Å². The van der Waals surface area contributed by atoms with Crippen molar-refractivity contribution in [3.05, 3.63) is 0 Å². The van der Waals surface area contributed by atoms with Crippen LogP contribution in [0.4, 0.5) is 0 Å². The molecule has 0 unspecified atom stereocenters. The highest BCUT2D eigenvalue weighted by molar-refractivity contribution is 5.79. The summed E-state index contributed by atoms with van der Waals surface area (Å²) in [6, 6.07) is 0. The fourth-order valence-electron chi connectivity index (χ4n) is 3.28. The molecule has 0 aromatic heterocycles. The van der Waals surface area contributed by atoms with E-state index in [0.29, 0.717) is 5.41 Å². The fourth-order valence-corrected chi connectivity index (χ4v) is 3.28. The Morgan fingerprint density at radius 3 is 2.77 bits per heavy atom. The Morgan fingerprint density at radius 1 is 1.54 bits per heavy atom. The summed E-state index contributed by atoms with van der Waals surface area (Å²) in [6.07, 6.45) is 4.58. The van der Waals surface area contributed by atoms with Crippen LogP contribution in [-0.2, 0) is 4.79 Å². The first-order chi connectivity index (χ1) is 6.15. The number of nitrogens with one attached hydrogen (secondary N) is 1. The minimum Gasteiger partial charge on any atom is -0.356 e. The monoisotopic (exact) mass is 181 g/mol. The van der Waals surface area contributed by atoms with E-state index in [9.17, 15) is 4.79 Å². The molecule has 2 heteroatoms. The van der Waals surface area contributed by atoms with Crippen LogP contribution in [0, 0.1) is 17.3 Å². The largest absolute Gasteiger partial charge is 0.356 e. The molecule has 2 fully saturated rings. The van der Waals surface area contributed by atoms with E-state index in [-0.39, 0.29) is 5.91 Å². The Hall–Kier alpha value is -0.530. The lowest BCUT2D eigenvalue weighted by molar-refractivity contribution is -0.119. The third kappa shape index (κ3) is 1.47. The van der Waals surface area contributed by atoms with Crippen molar-refractivity contribution in [3.63, 3.8) is 0 Å². The minimum atomic E-state index is 0.268. The molecule has 2 aliphatic rings. The van der Waals surface area contributed by atoms with Crippen molar-refractivity contribution in [1.82, 2.24) is 5.32 Å². The van der Waals surface area contributed by atoms with E-state index in [1.165, 1.54) is 19.3 Å². The van der Waals surface area contributed by atoms with Gasteiger partial charge in [0.25, 0.3) is 0 Å². The fraction of sp³-hybridized carbons (Fsp3) is 0.909. The molecule has 1 N–H and O–H groups in total. The van der Waals surface area contributed by atoms with Gasteiger partial charge in [0.1, 0.15) is 0 Å². The van der Waals surface area contributed by atoms with Crippen LogP contribution in [-0.4, -0.2) is 12.5 Å². The van der Waals surface area contributed by atoms with Crippen molar-refractivity contribution >= 4 is 5.91 Å². The van der Waals surface area contributed by atoms with Crippen LogP contribution in [0.5, 0.6) is 0 Å². The van der Waals surface area contributed by atoms with E-state index in [0.717, 1.165) is 24.8 Å². The summed E-state index contributed by atoms with van der Waals surface area (Å²) in [5.74, 6) is 1.94. The van der Waals surface area contributed by atoms with Gasteiger partial charge in [-0.3, -0.25) is 4.79 Å². The first-order valence-electron chi connectivity index (χ1n) is 5.42. The van der Waals surface area contributed by atoms with Crippen molar-refractivity contribution in [2.75, 3.05) is 6.54 Å². The highest BCUT2D eigenvalue weighted by Crippen LogP contribution is 2.50. The smallest absolute Gasteiger partial charge is 0.220 e. The van der Waals surface area contributed by atoms with Crippen molar-refractivity contribution in [1.29, 1.82) is 0 Å². The number of amides is 1. The van der Waals surface area contributed by atoms with Gasteiger partial charge >= 0.3 is 0 Å². The molecule has 0 bridgehead atoms. The lowest BCUT2D eigenvalue weighted by Crippen LogP contribution is -2.20. The highest BCUT2D eigenvalue weighted by Gasteiger charge is 2.46. The SMILES string of the molecule is CC[C@@H]1C[C@@]2(CNC(=O)C2)C[C@@H]1C. The molecule has 1 aliphatic carbocycles. The maximum Gasteiger partial charge on any atom is 0.220 e. The lowest BCUT2D eigenvalue weighted by Gasteiger charge is -2.19. The molecule has 1 spiro atoms. The molecule has 3 atom stereocenters. The molecule has 1 amide bonds. The van der Waals surface area contributed by atoms with E-state index in [2.05, 4.69) is 19.2 Å². The molecule has 1 saturated carbocycles. The number of hydrogen-bond donors (Lipinski definition) is 1. The maximum atomic E-state index is 11.2. The van der Waals surface area contributed by atoms with E-state index < -0.39 is 0 Å². The summed E-state index contributed by atoms with van der Waals surface area (Å²) >= 11 is 0. The van der Waals surface area contributed by atoms with Gasteiger partial charge in [0.05, 0.1) is 0 Å². The van der Waals surface area contributed by atoms with Gasteiger partial charge in [-0.2, -0.15) is 0 Å². The number of carbonyl (C=O) groups is 1. The zero-order valence-electron chi connectivity index (χ0n) is 8.60. The average molecular weight is 181 g/mol. The van der Waals surface area contributed by atoms with E-state index in [1.54, 1.807) is 0 Å². The van der Waals surface area contributed by atoms with E-state index in [4.69, 9.17) is 0 Å². The highest BCUT2D eigenvalue weighted by atomic mass is 16.1. The predicted molar refractivity (Wildman–Crippen MR) is 52.2 cm³/mol. The molecule has 1 aliphatic heterocycles. The van der Waals surface area contributed by atoms with Crippen LogP contribution >= 0.6 is 0 Å². The van der Waals surface area contributed by atoms with Crippen molar-refractivity contribution in [2.24, 2.45) is 17.3 Å². The zero-order valence-corrected chi connectivity index (χ0v) is 8.60. The normalized spacial score (nSPS) is 44.3. The minimum absolute atomic E-state index is 0.268. The molecular formula is C11H19NO. The van der Waals surface area contributed by atoms with Gasteiger partial charge in [-0.05, 0) is 30.1 Å². The summed E-state index contributed by atoms with van der Waals surface area (Å²) in [5, 5.41) is 2.98. The second-order valence-electron chi connectivity index (χ2n) is 5.01. The molecule has 1 saturated heterocycles. The van der Waals surface area contributed by atoms with Crippen LogP contribution < -0.4 is 5.32 Å². The van der Waals surface area contributed by atoms with Crippen molar-refractivity contribution < 1.29 is 4.79 Å². The molecule has 2 rings (SSSR count). The van der Waals surface area contributed by atoms with Crippen molar-refractivity contribution in [2.45, 2.75) is 39.5 Å². The van der Waals surface area contributed by atoms with Crippen LogP contribution in [0.3, 0.4) is 0 Å². The van der Waals surface area contributed by atoms with Gasteiger partial charge in [0, 0.05) is 13.0 Å². The second-order valence-corrected chi connectivity index (χ2v) is 5.01. The maximum absolute atomic E-state index is 11.2. The average Bonchev–Trinajstić information content (AvgIpc) is 2.57. The quantitative estimate of drug-likeness (QED) is 0.658. The number of rotatable bonds is 1. The molecule has 0 aromatic rings. The van der Waals surface area contributed by atoms with E-state index >= 15 is 0 Å². The van der Waals surface area contributed by atoms with Crippen LogP contribution in [0.25, 0.3) is 0 Å². The molecule has 0 radical (unpaired) electrons. The van der Waals surface area contributed by atoms with Crippen LogP contribution in [0.15, 0.2) is 0 Å². The summed E-state index contributed by atoms with van der Waals surface area (Å²) in [6.45, 7) is 5.54. The Balaban J connectivity index is 2.07. The molecule has 2 nitrogen and oxygen atoms in total. The standard InChI is InChI=1S/C11H19NO/c1-3-9-5-11(4-8(9)2)6-10(13)12-7-11/h8-9H,3-7H2,1-2H3,(H,12,13)/t8-,9+,11-/m0/s1. The van der Waals surface area contributed by atoms with Gasteiger partial charge in [-0.15, -0.1) is 0 Å². The third-order valence-corrected chi connectivity index (χ3v) is 3.98. The Labute approximate surface area is 80.1 Å². The third-order valence-electron chi connectivity index (χ3n) is 3.98. The molecule has 1 heterocycles. The number of hydrogen-bond acceptors (Lipinski definition) is 1. The first kappa shape index (κ1) is 9.04. The van der Waals surface area contributed by atoms with Crippen LogP contribution in [0.2, 0.25) is 0 Å². The van der Waals surface area contributed by atoms with Gasteiger partial charge in [0.2, 0.25) is 5.91 Å². The summed E-state index contributed by atoms with van der Waals surface area (Å²) in [7, 11) is 0. The summed E-state index contributed by atoms with van der Waals surface area (Å²) in [5.41, 5.74) is 0.344. The molecule has 0 aromatic carbocycles. The number of carbonyl (C=O) groups excluding carboxylic acids is 1. The topological polar surface area (TPSA) is 29.1 Å². The Morgan fingerprint density at radius 2 is 2.31 bits per heavy atom. The van der Waals surface area contributed by atoms with Crippen molar-refractivity contribution in [3.8, 4) is 0 Å². The molecule has 13 heavy (non-hydrogen) atoms. The first-order valence-corrected chi connectivity index (χ1v) is 5.42. The van der Waals surface area contributed by atoms with Crippen LogP contribution in [0.1, 0.15) is 39.5 Å². The summed E-state index contributed by atoms with van der Waals surface area (Å²) < 4.78 is 0. The molecular weight excluding hydrogens is 162 g/mol. The molecule has 74 valence electrons. The second kappa shape index (κ2) is 3.00. The zero-order chi connectivity index (χ0) is 9.47. The van der Waals surface area contributed by atoms with Gasteiger partial charge in [0.15, 0.2) is 0 Å².